The Kier molecular flexibility index (Phi) is 7.38. The maximum atomic E-state index is 14.5. The topological polar surface area (TPSA) is 55.1 Å². The summed E-state index contributed by atoms with van der Waals surface area (Å²) < 4.78 is 1.64. The van der Waals surface area contributed by atoms with Gasteiger partial charge >= 0.3 is 0 Å². The van der Waals surface area contributed by atoms with Crippen molar-refractivity contribution in [3.63, 3.8) is 0 Å². The Labute approximate surface area is 220 Å². The lowest BCUT2D eigenvalue weighted by atomic mass is 9.75. The van der Waals surface area contributed by atoms with Gasteiger partial charge in [0.2, 0.25) is 0 Å². The third-order valence-electron chi connectivity index (χ3n) is 7.90. The van der Waals surface area contributed by atoms with Gasteiger partial charge in [-0.2, -0.15) is 9.78 Å². The molecule has 4 nitrogen and oxygen atoms in total. The first-order chi connectivity index (χ1) is 18.0. The van der Waals surface area contributed by atoms with Gasteiger partial charge in [-0.1, -0.05) is 112 Å². The molecule has 0 saturated carbocycles. The molecule has 4 aromatic rings. The Hall–Kier alpha value is -3.50. The van der Waals surface area contributed by atoms with Crippen LogP contribution in [0.25, 0.3) is 11.3 Å². The standard InChI is InChI=1S/C33H36N2O2/c1-22(2)27-20-19-23(3)29-30(27)34-35(31(29)25-15-9-5-10-16-25)33(37)28(21-24-13-7-4-8-14-24)32(36)26-17-11-6-12-18-26/h4-18,22-23,27-28,32,36H,19-21H2,1-3H3/t23-,27+,28+,32-/m1/s1. The number of fused-ring (bicyclic) bond motifs is 1. The van der Waals surface area contributed by atoms with E-state index in [0.717, 1.165) is 40.9 Å². The molecule has 0 spiro atoms. The average Bonchev–Trinajstić information content (AvgIpc) is 3.34. The van der Waals surface area contributed by atoms with Gasteiger partial charge in [-0.3, -0.25) is 4.79 Å². The summed E-state index contributed by atoms with van der Waals surface area (Å²) in [5.74, 6) is 0.218. The van der Waals surface area contributed by atoms with Crippen molar-refractivity contribution >= 4 is 5.91 Å². The number of aromatic nitrogens is 2. The lowest BCUT2D eigenvalue weighted by Crippen LogP contribution is -2.30. The van der Waals surface area contributed by atoms with E-state index in [-0.39, 0.29) is 5.91 Å². The van der Waals surface area contributed by atoms with E-state index in [0.29, 0.717) is 24.2 Å². The molecular formula is C33H36N2O2. The monoisotopic (exact) mass is 492 g/mol. The zero-order chi connectivity index (χ0) is 25.9. The first kappa shape index (κ1) is 25.2. The lowest BCUT2D eigenvalue weighted by molar-refractivity contribution is 0.0577. The van der Waals surface area contributed by atoms with Crippen molar-refractivity contribution in [1.29, 1.82) is 0 Å². The summed E-state index contributed by atoms with van der Waals surface area (Å²) in [6, 6.07) is 29.6. The van der Waals surface area contributed by atoms with Gasteiger partial charge in [0.1, 0.15) is 0 Å². The fraction of sp³-hybridized carbons (Fsp3) is 0.333. The van der Waals surface area contributed by atoms with Gasteiger partial charge in [0.25, 0.3) is 5.91 Å². The van der Waals surface area contributed by atoms with Crippen molar-refractivity contribution < 1.29 is 9.90 Å². The van der Waals surface area contributed by atoms with Crippen molar-refractivity contribution in [2.75, 3.05) is 0 Å². The maximum Gasteiger partial charge on any atom is 0.253 e. The minimum absolute atomic E-state index is 0.164. The van der Waals surface area contributed by atoms with Crippen LogP contribution in [0.5, 0.6) is 0 Å². The van der Waals surface area contributed by atoms with Crippen LogP contribution in [0.4, 0.5) is 0 Å². The molecule has 37 heavy (non-hydrogen) atoms. The van der Waals surface area contributed by atoms with Gasteiger partial charge in [0, 0.05) is 17.0 Å². The highest BCUT2D eigenvalue weighted by molar-refractivity contribution is 5.87. The Balaban J connectivity index is 1.67. The molecule has 0 fully saturated rings. The quantitative estimate of drug-likeness (QED) is 0.292. The van der Waals surface area contributed by atoms with Crippen molar-refractivity contribution in [1.82, 2.24) is 9.78 Å². The molecule has 1 N–H and O–H groups in total. The molecule has 0 radical (unpaired) electrons. The third-order valence-corrected chi connectivity index (χ3v) is 7.90. The number of aliphatic hydroxyl groups is 1. The van der Waals surface area contributed by atoms with Crippen LogP contribution in [0.3, 0.4) is 0 Å². The summed E-state index contributed by atoms with van der Waals surface area (Å²) in [4.78, 5) is 14.5. The molecule has 3 aromatic carbocycles. The minimum atomic E-state index is -0.947. The molecule has 0 bridgehead atoms. The van der Waals surface area contributed by atoms with Crippen LogP contribution in [0.2, 0.25) is 0 Å². The van der Waals surface area contributed by atoms with Gasteiger partial charge in [0.15, 0.2) is 0 Å². The molecule has 0 amide bonds. The van der Waals surface area contributed by atoms with E-state index in [1.165, 1.54) is 5.56 Å². The number of nitrogens with zero attached hydrogens (tertiary/aromatic N) is 2. The number of hydrogen-bond acceptors (Lipinski definition) is 3. The van der Waals surface area contributed by atoms with E-state index < -0.39 is 12.0 Å². The second kappa shape index (κ2) is 10.9. The number of benzene rings is 3. The number of rotatable bonds is 7. The third kappa shape index (κ3) is 5.03. The van der Waals surface area contributed by atoms with E-state index in [1.54, 1.807) is 4.68 Å². The molecule has 5 rings (SSSR count). The van der Waals surface area contributed by atoms with Crippen LogP contribution in [-0.2, 0) is 6.42 Å². The molecule has 1 aliphatic rings. The Morgan fingerprint density at radius 2 is 1.51 bits per heavy atom. The van der Waals surface area contributed by atoms with Crippen LogP contribution >= 0.6 is 0 Å². The molecule has 4 heteroatoms. The molecule has 190 valence electrons. The van der Waals surface area contributed by atoms with E-state index in [4.69, 9.17) is 5.10 Å². The zero-order valence-electron chi connectivity index (χ0n) is 21.9. The smallest absolute Gasteiger partial charge is 0.253 e. The van der Waals surface area contributed by atoms with Crippen LogP contribution in [0.15, 0.2) is 91.0 Å². The molecule has 4 atom stereocenters. The van der Waals surface area contributed by atoms with E-state index >= 15 is 0 Å². The molecule has 1 aliphatic carbocycles. The number of aliphatic hydroxyl groups excluding tert-OH is 1. The summed E-state index contributed by atoms with van der Waals surface area (Å²) in [6.07, 6.45) is 1.63. The molecule has 0 aliphatic heterocycles. The Bertz CT molecular complexity index is 1330. The molecule has 1 heterocycles. The fourth-order valence-electron chi connectivity index (χ4n) is 5.84. The molecule has 1 aromatic heterocycles. The number of carbonyl (C=O) groups excluding carboxylic acids is 1. The second-order valence-electron chi connectivity index (χ2n) is 10.7. The van der Waals surface area contributed by atoms with Crippen LogP contribution in [0, 0.1) is 11.8 Å². The highest BCUT2D eigenvalue weighted by atomic mass is 16.3. The summed E-state index contributed by atoms with van der Waals surface area (Å²) in [7, 11) is 0. The van der Waals surface area contributed by atoms with Crippen LogP contribution in [-0.4, -0.2) is 20.8 Å². The molecule has 0 unspecified atom stereocenters. The number of carbonyl (C=O) groups is 1. The van der Waals surface area contributed by atoms with Crippen LogP contribution in [0.1, 0.15) is 78.7 Å². The van der Waals surface area contributed by atoms with Gasteiger partial charge in [-0.05, 0) is 42.2 Å². The largest absolute Gasteiger partial charge is 0.388 e. The molecule has 0 saturated heterocycles. The molecular weight excluding hydrogens is 456 g/mol. The van der Waals surface area contributed by atoms with Gasteiger partial charge in [-0.15, -0.1) is 0 Å². The Morgan fingerprint density at radius 1 is 0.919 bits per heavy atom. The maximum absolute atomic E-state index is 14.5. The van der Waals surface area contributed by atoms with E-state index in [9.17, 15) is 9.90 Å². The summed E-state index contributed by atoms with van der Waals surface area (Å²) in [6.45, 7) is 6.73. The van der Waals surface area contributed by atoms with Crippen LogP contribution < -0.4 is 0 Å². The van der Waals surface area contributed by atoms with E-state index in [1.807, 2.05) is 78.9 Å². The highest BCUT2D eigenvalue weighted by Crippen LogP contribution is 2.46. The normalized spacial score (nSPS) is 18.8. The minimum Gasteiger partial charge on any atom is -0.388 e. The average molecular weight is 493 g/mol. The number of hydrogen-bond donors (Lipinski definition) is 1. The summed E-state index contributed by atoms with van der Waals surface area (Å²) in [5, 5.41) is 16.6. The van der Waals surface area contributed by atoms with Crippen molar-refractivity contribution in [2.24, 2.45) is 11.8 Å². The predicted octanol–water partition coefficient (Wildman–Crippen LogP) is 7.42. The highest BCUT2D eigenvalue weighted by Gasteiger charge is 2.38. The van der Waals surface area contributed by atoms with Crippen molar-refractivity contribution in [3.8, 4) is 11.3 Å². The predicted molar refractivity (Wildman–Crippen MR) is 149 cm³/mol. The lowest BCUT2D eigenvalue weighted by Gasteiger charge is -2.29. The summed E-state index contributed by atoms with van der Waals surface area (Å²) in [5.41, 5.74) is 5.88. The van der Waals surface area contributed by atoms with Gasteiger partial charge in [-0.25, -0.2) is 0 Å². The van der Waals surface area contributed by atoms with Crippen molar-refractivity contribution in [3.05, 3.63) is 113 Å². The zero-order valence-corrected chi connectivity index (χ0v) is 21.9. The Morgan fingerprint density at radius 3 is 2.14 bits per heavy atom. The van der Waals surface area contributed by atoms with E-state index in [2.05, 4.69) is 32.9 Å². The SMILES string of the molecule is CC(C)[C@@H]1CC[C@@H](C)c2c1nn(C(=O)[C@@H](Cc1ccccc1)[C@H](O)c1ccccc1)c2-c1ccccc1. The van der Waals surface area contributed by atoms with Crippen molar-refractivity contribution in [2.45, 2.75) is 58.0 Å². The second-order valence-corrected chi connectivity index (χ2v) is 10.7. The first-order valence-electron chi connectivity index (χ1n) is 13.4. The van der Waals surface area contributed by atoms with Gasteiger partial charge < -0.3 is 5.11 Å². The fourth-order valence-corrected chi connectivity index (χ4v) is 5.84. The van der Waals surface area contributed by atoms with Gasteiger partial charge in [0.05, 0.1) is 23.4 Å². The first-order valence-corrected chi connectivity index (χ1v) is 13.4. The summed E-state index contributed by atoms with van der Waals surface area (Å²) >= 11 is 0.